The molecular weight excluding hydrogens is 186 g/mol. The van der Waals surface area contributed by atoms with Gasteiger partial charge >= 0.3 is 0 Å². The molecule has 1 aliphatic carbocycles. The van der Waals surface area contributed by atoms with E-state index < -0.39 is 0 Å². The zero-order valence-electron chi connectivity index (χ0n) is 10.6. The molecule has 1 N–H and O–H groups in total. The summed E-state index contributed by atoms with van der Waals surface area (Å²) in [7, 11) is 0. The summed E-state index contributed by atoms with van der Waals surface area (Å²) >= 11 is 0. The smallest absolute Gasteiger partial charge is 0.0590 e. The van der Waals surface area contributed by atoms with Crippen molar-refractivity contribution in [3.63, 3.8) is 0 Å². The van der Waals surface area contributed by atoms with Gasteiger partial charge in [-0.3, -0.25) is 0 Å². The van der Waals surface area contributed by atoms with Crippen molar-refractivity contribution in [3.8, 4) is 0 Å². The van der Waals surface area contributed by atoms with Gasteiger partial charge in [0, 0.05) is 13.2 Å². The summed E-state index contributed by atoms with van der Waals surface area (Å²) in [5, 5.41) is 3.42. The van der Waals surface area contributed by atoms with Crippen LogP contribution in [0.2, 0.25) is 0 Å². The van der Waals surface area contributed by atoms with Gasteiger partial charge in [0.2, 0.25) is 0 Å². The van der Waals surface area contributed by atoms with Gasteiger partial charge < -0.3 is 10.1 Å². The normalized spacial score (nSPS) is 17.0. The van der Waals surface area contributed by atoms with Crippen molar-refractivity contribution >= 4 is 0 Å². The zero-order valence-corrected chi connectivity index (χ0v) is 10.6. The molecule has 2 heteroatoms. The van der Waals surface area contributed by atoms with E-state index in [2.05, 4.69) is 26.1 Å². The van der Waals surface area contributed by atoms with Crippen LogP contribution in [0.4, 0.5) is 0 Å². The molecule has 0 heterocycles. The average Bonchev–Trinajstić information content (AvgIpc) is 2.91. The second-order valence-electron chi connectivity index (χ2n) is 5.91. The van der Waals surface area contributed by atoms with Crippen LogP contribution in [0.1, 0.15) is 46.5 Å². The maximum absolute atomic E-state index is 5.55. The first-order valence-electron chi connectivity index (χ1n) is 6.36. The number of hydrogen-bond donors (Lipinski definition) is 1. The summed E-state index contributed by atoms with van der Waals surface area (Å²) < 4.78 is 5.55. The van der Waals surface area contributed by atoms with Gasteiger partial charge in [0.15, 0.2) is 0 Å². The average molecular weight is 213 g/mol. The lowest BCUT2D eigenvalue weighted by Crippen LogP contribution is -2.24. The fourth-order valence-electron chi connectivity index (χ4n) is 1.49. The molecule has 0 atom stereocenters. The Morgan fingerprint density at radius 3 is 2.47 bits per heavy atom. The van der Waals surface area contributed by atoms with Gasteiger partial charge in [-0.2, -0.15) is 0 Å². The first-order valence-corrected chi connectivity index (χ1v) is 6.36. The van der Waals surface area contributed by atoms with E-state index in [4.69, 9.17) is 4.74 Å². The van der Waals surface area contributed by atoms with Gasteiger partial charge in [-0.25, -0.2) is 0 Å². The molecule has 0 saturated heterocycles. The number of hydrogen-bond acceptors (Lipinski definition) is 2. The van der Waals surface area contributed by atoms with E-state index in [9.17, 15) is 0 Å². The van der Waals surface area contributed by atoms with Crippen molar-refractivity contribution in [2.75, 3.05) is 26.3 Å². The summed E-state index contributed by atoms with van der Waals surface area (Å²) in [6.07, 6.45) is 5.39. The quantitative estimate of drug-likeness (QED) is 0.626. The predicted molar refractivity (Wildman–Crippen MR) is 65.1 cm³/mol. The lowest BCUT2D eigenvalue weighted by Gasteiger charge is -2.18. The Kier molecular flexibility index (Phi) is 5.62. The highest BCUT2D eigenvalue weighted by atomic mass is 16.5. The Hall–Kier alpha value is -0.0800. The van der Waals surface area contributed by atoms with Crippen LogP contribution in [0.15, 0.2) is 0 Å². The standard InChI is InChI=1S/C13H27NO/c1-13(2,3)7-8-14-9-11-15-10-6-12-4-5-12/h12,14H,4-11H2,1-3H3. The maximum atomic E-state index is 5.55. The van der Waals surface area contributed by atoms with Gasteiger partial charge in [0.25, 0.3) is 0 Å². The monoisotopic (exact) mass is 213 g/mol. The van der Waals surface area contributed by atoms with Gasteiger partial charge in [-0.05, 0) is 30.7 Å². The lowest BCUT2D eigenvalue weighted by molar-refractivity contribution is 0.129. The first kappa shape index (κ1) is 13.0. The van der Waals surface area contributed by atoms with Crippen LogP contribution in [0.3, 0.4) is 0 Å². The van der Waals surface area contributed by atoms with Crippen LogP contribution in [0.25, 0.3) is 0 Å². The molecule has 1 fully saturated rings. The van der Waals surface area contributed by atoms with E-state index >= 15 is 0 Å². The highest BCUT2D eigenvalue weighted by Gasteiger charge is 2.20. The highest BCUT2D eigenvalue weighted by Crippen LogP contribution is 2.31. The molecule has 0 aromatic rings. The third kappa shape index (κ3) is 8.88. The number of nitrogens with one attached hydrogen (secondary N) is 1. The number of ether oxygens (including phenoxy) is 1. The Balaban J connectivity index is 1.72. The molecular formula is C13H27NO. The minimum atomic E-state index is 0.444. The topological polar surface area (TPSA) is 21.3 Å². The van der Waals surface area contributed by atoms with Crippen LogP contribution < -0.4 is 5.32 Å². The van der Waals surface area contributed by atoms with E-state index in [1.54, 1.807) is 0 Å². The van der Waals surface area contributed by atoms with Gasteiger partial charge in [-0.1, -0.05) is 33.6 Å². The Morgan fingerprint density at radius 2 is 1.87 bits per heavy atom. The predicted octanol–water partition coefficient (Wildman–Crippen LogP) is 2.83. The summed E-state index contributed by atoms with van der Waals surface area (Å²) in [4.78, 5) is 0. The van der Waals surface area contributed by atoms with Crippen LogP contribution in [0.5, 0.6) is 0 Å². The fourth-order valence-corrected chi connectivity index (χ4v) is 1.49. The second kappa shape index (κ2) is 6.49. The van der Waals surface area contributed by atoms with Gasteiger partial charge in [-0.15, -0.1) is 0 Å². The Morgan fingerprint density at radius 1 is 1.13 bits per heavy atom. The lowest BCUT2D eigenvalue weighted by atomic mass is 9.92. The van der Waals surface area contributed by atoms with Crippen molar-refractivity contribution in [2.45, 2.75) is 46.5 Å². The SMILES string of the molecule is CC(C)(C)CCNCCOCCC1CC1. The van der Waals surface area contributed by atoms with Crippen LogP contribution >= 0.6 is 0 Å². The van der Waals surface area contributed by atoms with E-state index in [1.165, 1.54) is 25.7 Å². The minimum absolute atomic E-state index is 0.444. The molecule has 0 aliphatic heterocycles. The molecule has 1 saturated carbocycles. The molecule has 15 heavy (non-hydrogen) atoms. The van der Waals surface area contributed by atoms with Crippen molar-refractivity contribution < 1.29 is 4.74 Å². The van der Waals surface area contributed by atoms with E-state index in [0.717, 1.165) is 32.2 Å². The van der Waals surface area contributed by atoms with Crippen LogP contribution in [0, 0.1) is 11.3 Å². The number of rotatable bonds is 8. The van der Waals surface area contributed by atoms with Crippen molar-refractivity contribution in [1.82, 2.24) is 5.32 Å². The molecule has 0 spiro atoms. The van der Waals surface area contributed by atoms with Gasteiger partial charge in [0.1, 0.15) is 0 Å². The molecule has 0 amide bonds. The first-order chi connectivity index (χ1) is 7.08. The molecule has 90 valence electrons. The van der Waals surface area contributed by atoms with Crippen LogP contribution in [-0.4, -0.2) is 26.3 Å². The third-order valence-electron chi connectivity index (χ3n) is 2.84. The summed E-state index contributed by atoms with van der Waals surface area (Å²) in [6.45, 7) is 10.8. The second-order valence-corrected chi connectivity index (χ2v) is 5.91. The van der Waals surface area contributed by atoms with Crippen molar-refractivity contribution in [1.29, 1.82) is 0 Å². The van der Waals surface area contributed by atoms with E-state index in [-0.39, 0.29) is 0 Å². The van der Waals surface area contributed by atoms with Crippen LogP contribution in [-0.2, 0) is 4.74 Å². The minimum Gasteiger partial charge on any atom is -0.380 e. The fraction of sp³-hybridized carbons (Fsp3) is 1.00. The van der Waals surface area contributed by atoms with E-state index in [0.29, 0.717) is 5.41 Å². The molecule has 0 aromatic carbocycles. The summed E-state index contributed by atoms with van der Waals surface area (Å²) in [6, 6.07) is 0. The van der Waals surface area contributed by atoms with Crippen molar-refractivity contribution in [2.24, 2.45) is 11.3 Å². The summed E-state index contributed by atoms with van der Waals surface area (Å²) in [5.74, 6) is 0.999. The molecule has 0 bridgehead atoms. The van der Waals surface area contributed by atoms with Gasteiger partial charge in [0.05, 0.1) is 6.61 Å². The molecule has 0 unspecified atom stereocenters. The Bertz CT molecular complexity index is 158. The maximum Gasteiger partial charge on any atom is 0.0590 e. The summed E-state index contributed by atoms with van der Waals surface area (Å²) in [5.41, 5.74) is 0.444. The Labute approximate surface area is 94.8 Å². The molecule has 0 aromatic heterocycles. The molecule has 0 radical (unpaired) electrons. The van der Waals surface area contributed by atoms with E-state index in [1.807, 2.05) is 0 Å². The third-order valence-corrected chi connectivity index (χ3v) is 2.84. The highest BCUT2D eigenvalue weighted by molar-refractivity contribution is 4.72. The molecule has 1 aliphatic rings. The van der Waals surface area contributed by atoms with Crippen molar-refractivity contribution in [3.05, 3.63) is 0 Å². The molecule has 2 nitrogen and oxygen atoms in total. The zero-order chi connectivity index (χ0) is 11.1. The molecule has 1 rings (SSSR count). The largest absolute Gasteiger partial charge is 0.380 e.